The number of unbranched alkanes of at least 4 members (excludes halogenated alkanes) is 1. The van der Waals surface area contributed by atoms with E-state index < -0.39 is 17.9 Å². The van der Waals surface area contributed by atoms with E-state index in [4.69, 9.17) is 9.84 Å². The second kappa shape index (κ2) is 17.4. The normalized spacial score (nSPS) is 12.0. The topological polar surface area (TPSA) is 131 Å². The Bertz CT molecular complexity index is 1660. The fraction of sp³-hybridized carbons (Fsp3) is 0.375. The zero-order valence-electron chi connectivity index (χ0n) is 29.2. The van der Waals surface area contributed by atoms with Crippen LogP contribution in [0.5, 0.6) is 5.75 Å². The van der Waals surface area contributed by atoms with Gasteiger partial charge in [0.1, 0.15) is 11.8 Å². The number of aliphatic carboxylic acids is 1. The van der Waals surface area contributed by atoms with Gasteiger partial charge in [0.25, 0.3) is 5.91 Å². The highest BCUT2D eigenvalue weighted by Gasteiger charge is 2.23. The van der Waals surface area contributed by atoms with E-state index in [9.17, 15) is 14.4 Å². The lowest BCUT2D eigenvalue weighted by molar-refractivity contribution is -0.137. The van der Waals surface area contributed by atoms with Crippen LogP contribution < -0.4 is 15.4 Å². The van der Waals surface area contributed by atoms with Crippen LogP contribution in [0.15, 0.2) is 85.2 Å². The van der Waals surface area contributed by atoms with Gasteiger partial charge in [-0.15, -0.1) is 0 Å². The van der Waals surface area contributed by atoms with Gasteiger partial charge in [-0.25, -0.2) is 9.97 Å². The van der Waals surface area contributed by atoms with E-state index in [1.165, 1.54) is 12.8 Å². The second-order valence-electron chi connectivity index (χ2n) is 13.7. The van der Waals surface area contributed by atoms with Crippen LogP contribution in [-0.2, 0) is 21.4 Å². The van der Waals surface area contributed by atoms with Crippen LogP contribution in [-0.4, -0.2) is 52.1 Å². The van der Waals surface area contributed by atoms with E-state index >= 15 is 0 Å². The van der Waals surface area contributed by atoms with Gasteiger partial charge >= 0.3 is 5.97 Å². The number of carbonyl (C=O) groups is 3. The van der Waals surface area contributed by atoms with E-state index in [0.717, 1.165) is 40.0 Å². The summed E-state index contributed by atoms with van der Waals surface area (Å²) in [7, 11) is 0. The molecule has 0 radical (unpaired) electrons. The molecular formula is C40H48N4O5. The second-order valence-corrected chi connectivity index (χ2v) is 13.7. The molecule has 0 aliphatic heterocycles. The molecule has 0 bridgehead atoms. The van der Waals surface area contributed by atoms with Crippen molar-refractivity contribution in [3.05, 3.63) is 102 Å². The molecule has 258 valence electrons. The number of carbonyl (C=O) groups excluding carboxylic acids is 2. The van der Waals surface area contributed by atoms with Crippen LogP contribution in [0.25, 0.3) is 22.5 Å². The number of ether oxygens (including phenoxy) is 1. The first kappa shape index (κ1) is 36.8. The third-order valence-corrected chi connectivity index (χ3v) is 8.21. The Morgan fingerprint density at radius 3 is 2.04 bits per heavy atom. The van der Waals surface area contributed by atoms with Crippen molar-refractivity contribution >= 4 is 17.8 Å². The molecule has 0 aliphatic rings. The molecular weight excluding hydrogens is 616 g/mol. The fourth-order valence-corrected chi connectivity index (χ4v) is 5.23. The summed E-state index contributed by atoms with van der Waals surface area (Å²) < 4.78 is 5.89. The van der Waals surface area contributed by atoms with Crippen molar-refractivity contribution < 1.29 is 24.2 Å². The third kappa shape index (κ3) is 11.6. The number of nitrogens with one attached hydrogen (secondary N) is 2. The molecule has 9 nitrogen and oxygen atoms in total. The molecule has 4 aromatic rings. The number of hydrogen-bond acceptors (Lipinski definition) is 6. The van der Waals surface area contributed by atoms with Crippen molar-refractivity contribution in [1.82, 2.24) is 20.6 Å². The number of hydrogen-bond donors (Lipinski definition) is 3. The van der Waals surface area contributed by atoms with Gasteiger partial charge in [-0.3, -0.25) is 14.4 Å². The van der Waals surface area contributed by atoms with Gasteiger partial charge in [-0.2, -0.15) is 0 Å². The Morgan fingerprint density at radius 1 is 0.816 bits per heavy atom. The Morgan fingerprint density at radius 2 is 1.45 bits per heavy atom. The zero-order valence-corrected chi connectivity index (χ0v) is 29.2. The summed E-state index contributed by atoms with van der Waals surface area (Å²) in [5.74, 6) is 0.268. The Kier molecular flexibility index (Phi) is 13.0. The molecule has 0 spiro atoms. The SMILES string of the molecule is CC(C)CCCCOc1ccc(-c2cnc(-c3ccc(C[C@H](NC(=O)c4ccc(C(C)(C)C)cc4)C(=O)NCCC(=O)O)cc3)nc2)cc1. The van der Waals surface area contributed by atoms with Crippen molar-refractivity contribution in [2.45, 2.75) is 78.2 Å². The van der Waals surface area contributed by atoms with Crippen molar-refractivity contribution in [1.29, 1.82) is 0 Å². The van der Waals surface area contributed by atoms with Gasteiger partial charge < -0.3 is 20.5 Å². The number of aromatic nitrogens is 2. The zero-order chi connectivity index (χ0) is 35.4. The molecule has 1 atom stereocenters. The summed E-state index contributed by atoms with van der Waals surface area (Å²) in [5.41, 5.74) is 4.97. The summed E-state index contributed by atoms with van der Waals surface area (Å²) in [6.45, 7) is 11.4. The maximum Gasteiger partial charge on any atom is 0.305 e. The first-order valence-electron chi connectivity index (χ1n) is 16.9. The number of nitrogens with zero attached hydrogens (tertiary/aromatic N) is 2. The summed E-state index contributed by atoms with van der Waals surface area (Å²) >= 11 is 0. The lowest BCUT2D eigenvalue weighted by atomic mass is 9.86. The molecule has 0 aliphatic carbocycles. The van der Waals surface area contributed by atoms with E-state index in [2.05, 4.69) is 55.2 Å². The molecule has 1 heterocycles. The molecule has 3 aromatic carbocycles. The minimum absolute atomic E-state index is 0.0381. The lowest BCUT2D eigenvalue weighted by Crippen LogP contribution is -2.48. The highest BCUT2D eigenvalue weighted by molar-refractivity contribution is 5.97. The summed E-state index contributed by atoms with van der Waals surface area (Å²) in [6.07, 6.45) is 7.01. The van der Waals surface area contributed by atoms with Crippen LogP contribution in [0.2, 0.25) is 0 Å². The maximum atomic E-state index is 13.2. The molecule has 0 unspecified atom stereocenters. The van der Waals surface area contributed by atoms with Crippen molar-refractivity contribution in [3.8, 4) is 28.3 Å². The average Bonchev–Trinajstić information content (AvgIpc) is 3.08. The van der Waals surface area contributed by atoms with Gasteiger partial charge in [-0.1, -0.05) is 89.6 Å². The number of benzene rings is 3. The predicted molar refractivity (Wildman–Crippen MR) is 192 cm³/mol. The van der Waals surface area contributed by atoms with Crippen LogP contribution in [0.4, 0.5) is 0 Å². The van der Waals surface area contributed by atoms with E-state index in [-0.39, 0.29) is 30.7 Å². The largest absolute Gasteiger partial charge is 0.494 e. The number of rotatable bonds is 16. The van der Waals surface area contributed by atoms with Gasteiger partial charge in [0.15, 0.2) is 5.82 Å². The number of carboxylic acid groups (broad SMARTS) is 1. The number of amides is 2. The molecule has 4 rings (SSSR count). The van der Waals surface area contributed by atoms with Gasteiger partial charge in [0, 0.05) is 42.0 Å². The van der Waals surface area contributed by atoms with E-state index in [0.29, 0.717) is 23.9 Å². The van der Waals surface area contributed by atoms with Gasteiger partial charge in [0.2, 0.25) is 5.91 Å². The quantitative estimate of drug-likeness (QED) is 0.108. The molecule has 9 heteroatoms. The Balaban J connectivity index is 1.39. The maximum absolute atomic E-state index is 13.2. The van der Waals surface area contributed by atoms with E-state index in [1.807, 2.05) is 60.7 Å². The van der Waals surface area contributed by atoms with Crippen molar-refractivity contribution in [2.75, 3.05) is 13.2 Å². The monoisotopic (exact) mass is 664 g/mol. The Hall–Kier alpha value is -5.05. The van der Waals surface area contributed by atoms with Gasteiger partial charge in [0.05, 0.1) is 13.0 Å². The average molecular weight is 665 g/mol. The highest BCUT2D eigenvalue weighted by Crippen LogP contribution is 2.24. The molecule has 0 saturated heterocycles. The molecule has 3 N–H and O–H groups in total. The summed E-state index contributed by atoms with van der Waals surface area (Å²) in [5, 5.41) is 14.5. The first-order chi connectivity index (χ1) is 23.4. The number of carboxylic acids is 1. The molecule has 0 fully saturated rings. The highest BCUT2D eigenvalue weighted by atomic mass is 16.5. The molecule has 49 heavy (non-hydrogen) atoms. The summed E-state index contributed by atoms with van der Waals surface area (Å²) in [4.78, 5) is 46.4. The fourth-order valence-electron chi connectivity index (χ4n) is 5.23. The lowest BCUT2D eigenvalue weighted by Gasteiger charge is -2.20. The van der Waals surface area contributed by atoms with Crippen LogP contribution in [0.1, 0.15) is 81.8 Å². The van der Waals surface area contributed by atoms with Crippen LogP contribution in [0.3, 0.4) is 0 Å². The van der Waals surface area contributed by atoms with Crippen molar-refractivity contribution in [3.63, 3.8) is 0 Å². The smallest absolute Gasteiger partial charge is 0.305 e. The predicted octanol–water partition coefficient (Wildman–Crippen LogP) is 7.25. The minimum atomic E-state index is -1.02. The standard InChI is InChI=1S/C40H48N4O5/c1-27(2)8-6-7-23-49-34-19-15-29(16-20-34)32-25-42-37(43-26-32)30-11-9-28(10-12-30)24-35(39(48)41-22-21-36(45)46)44-38(47)31-13-17-33(18-14-31)40(3,4)5/h9-20,25-27,35H,6-8,21-24H2,1-5H3,(H,41,48)(H,44,47)(H,45,46)/t35-/m0/s1. The van der Waals surface area contributed by atoms with E-state index in [1.54, 1.807) is 24.5 Å². The molecule has 0 saturated carbocycles. The minimum Gasteiger partial charge on any atom is -0.494 e. The molecule has 1 aromatic heterocycles. The summed E-state index contributed by atoms with van der Waals surface area (Å²) in [6, 6.07) is 21.8. The first-order valence-corrected chi connectivity index (χ1v) is 16.9. The van der Waals surface area contributed by atoms with Gasteiger partial charge in [-0.05, 0) is 65.1 Å². The third-order valence-electron chi connectivity index (χ3n) is 8.21. The Labute approximate surface area is 289 Å². The van der Waals surface area contributed by atoms with Crippen LogP contribution >= 0.6 is 0 Å². The van der Waals surface area contributed by atoms with Crippen LogP contribution in [0, 0.1) is 5.92 Å². The molecule has 2 amide bonds. The van der Waals surface area contributed by atoms with Crippen molar-refractivity contribution in [2.24, 2.45) is 5.92 Å².